The molecule has 2 aliphatic heterocycles. The molecule has 0 radical (unpaired) electrons. The number of hydrogen-bond acceptors (Lipinski definition) is 6. The molecule has 2 saturated heterocycles. The van der Waals surface area contributed by atoms with Crippen LogP contribution in [0.2, 0.25) is 0 Å². The SMILES string of the molecule is COc1ccc(NC(=O)Nc2ccc(N3CCCC3)c(C(=O)NCC3CCCO3)c2)c(OC)c1. The van der Waals surface area contributed by atoms with Crippen molar-refractivity contribution >= 4 is 29.0 Å². The molecule has 2 heterocycles. The van der Waals surface area contributed by atoms with E-state index in [2.05, 4.69) is 20.9 Å². The average molecular weight is 469 g/mol. The van der Waals surface area contributed by atoms with Crippen molar-refractivity contribution < 1.29 is 23.8 Å². The average Bonchev–Trinajstić information content (AvgIpc) is 3.57. The first-order valence-electron chi connectivity index (χ1n) is 11.7. The number of benzene rings is 2. The Kier molecular flexibility index (Phi) is 7.74. The number of amides is 3. The lowest BCUT2D eigenvalue weighted by molar-refractivity contribution is 0.0858. The molecule has 2 aliphatic rings. The lowest BCUT2D eigenvalue weighted by atomic mass is 10.1. The van der Waals surface area contributed by atoms with Crippen molar-refractivity contribution in [3.05, 3.63) is 42.0 Å². The number of nitrogens with one attached hydrogen (secondary N) is 3. The maximum atomic E-state index is 13.1. The predicted molar refractivity (Wildman–Crippen MR) is 131 cm³/mol. The number of anilines is 3. The molecule has 3 amide bonds. The highest BCUT2D eigenvalue weighted by molar-refractivity contribution is 6.04. The molecule has 0 aliphatic carbocycles. The summed E-state index contributed by atoms with van der Waals surface area (Å²) in [6, 6.07) is 10.1. The first kappa shape index (κ1) is 23.7. The van der Waals surface area contributed by atoms with E-state index >= 15 is 0 Å². The molecule has 182 valence electrons. The summed E-state index contributed by atoms with van der Waals surface area (Å²) in [7, 11) is 3.09. The molecule has 0 bridgehead atoms. The molecule has 0 saturated carbocycles. The van der Waals surface area contributed by atoms with Crippen LogP contribution >= 0.6 is 0 Å². The van der Waals surface area contributed by atoms with Crippen LogP contribution in [0.25, 0.3) is 0 Å². The summed E-state index contributed by atoms with van der Waals surface area (Å²) >= 11 is 0. The molecule has 9 nitrogen and oxygen atoms in total. The zero-order valence-electron chi connectivity index (χ0n) is 19.7. The zero-order chi connectivity index (χ0) is 23.9. The summed E-state index contributed by atoms with van der Waals surface area (Å²) in [5.41, 5.74) is 2.45. The van der Waals surface area contributed by atoms with Gasteiger partial charge in [-0.3, -0.25) is 4.79 Å². The number of nitrogens with zero attached hydrogens (tertiary/aromatic N) is 1. The third kappa shape index (κ3) is 5.72. The van der Waals surface area contributed by atoms with E-state index in [-0.39, 0.29) is 12.0 Å². The fourth-order valence-corrected chi connectivity index (χ4v) is 4.32. The topological polar surface area (TPSA) is 101 Å². The van der Waals surface area contributed by atoms with Gasteiger partial charge >= 0.3 is 6.03 Å². The quantitative estimate of drug-likeness (QED) is 0.544. The van der Waals surface area contributed by atoms with Gasteiger partial charge in [0.15, 0.2) is 0 Å². The zero-order valence-corrected chi connectivity index (χ0v) is 19.7. The van der Waals surface area contributed by atoms with E-state index in [0.29, 0.717) is 35.0 Å². The molecule has 3 N–H and O–H groups in total. The van der Waals surface area contributed by atoms with Crippen molar-refractivity contribution in [1.82, 2.24) is 5.32 Å². The largest absolute Gasteiger partial charge is 0.497 e. The van der Waals surface area contributed by atoms with Gasteiger partial charge < -0.3 is 35.1 Å². The van der Waals surface area contributed by atoms with Crippen LogP contribution in [0.5, 0.6) is 11.5 Å². The molecule has 1 atom stereocenters. The fourth-order valence-electron chi connectivity index (χ4n) is 4.32. The molecule has 4 rings (SSSR count). The van der Waals surface area contributed by atoms with E-state index in [1.165, 1.54) is 7.11 Å². The van der Waals surface area contributed by atoms with Gasteiger partial charge in [-0.25, -0.2) is 4.79 Å². The highest BCUT2D eigenvalue weighted by Gasteiger charge is 2.22. The van der Waals surface area contributed by atoms with Crippen LogP contribution in [0.4, 0.5) is 21.9 Å². The van der Waals surface area contributed by atoms with Gasteiger partial charge in [-0.2, -0.15) is 0 Å². The first-order chi connectivity index (χ1) is 16.6. The Bertz CT molecular complexity index is 1020. The van der Waals surface area contributed by atoms with Gasteiger partial charge in [-0.05, 0) is 56.0 Å². The minimum absolute atomic E-state index is 0.0609. The van der Waals surface area contributed by atoms with Gasteiger partial charge in [0.05, 0.1) is 31.6 Å². The molecule has 0 aromatic heterocycles. The Hall–Kier alpha value is -3.46. The highest BCUT2D eigenvalue weighted by atomic mass is 16.5. The van der Waals surface area contributed by atoms with Gasteiger partial charge in [0.1, 0.15) is 11.5 Å². The first-order valence-corrected chi connectivity index (χ1v) is 11.7. The summed E-state index contributed by atoms with van der Waals surface area (Å²) in [6.07, 6.45) is 4.24. The maximum absolute atomic E-state index is 13.1. The molecule has 1 unspecified atom stereocenters. The van der Waals surface area contributed by atoms with Crippen LogP contribution in [0, 0.1) is 0 Å². The number of carbonyl (C=O) groups excluding carboxylic acids is 2. The van der Waals surface area contributed by atoms with E-state index in [0.717, 1.165) is 51.1 Å². The minimum atomic E-state index is -0.442. The second kappa shape index (κ2) is 11.1. The number of methoxy groups -OCH3 is 2. The van der Waals surface area contributed by atoms with Crippen LogP contribution in [-0.2, 0) is 4.74 Å². The second-order valence-corrected chi connectivity index (χ2v) is 8.42. The standard InChI is InChI=1S/C25H32N4O5/c1-32-18-8-9-21(23(15-18)33-2)28-25(31)27-17-7-10-22(29-11-3-4-12-29)20(14-17)24(30)26-16-19-6-5-13-34-19/h7-10,14-15,19H,3-6,11-13,16H2,1-2H3,(H,26,30)(H2,27,28,31). The third-order valence-corrected chi connectivity index (χ3v) is 6.12. The summed E-state index contributed by atoms with van der Waals surface area (Å²) in [5, 5.41) is 8.61. The lowest BCUT2D eigenvalue weighted by Crippen LogP contribution is -2.33. The predicted octanol–water partition coefficient (Wildman–Crippen LogP) is 3.86. The van der Waals surface area contributed by atoms with Crippen molar-refractivity contribution in [2.24, 2.45) is 0 Å². The molecule has 2 aromatic rings. The summed E-state index contributed by atoms with van der Waals surface area (Å²) in [6.45, 7) is 3.05. The van der Waals surface area contributed by atoms with Gasteiger partial charge in [-0.1, -0.05) is 0 Å². The number of urea groups is 1. The van der Waals surface area contributed by atoms with Gasteiger partial charge in [0, 0.05) is 43.7 Å². The molecule has 9 heteroatoms. The van der Waals surface area contributed by atoms with Crippen LogP contribution in [0.1, 0.15) is 36.0 Å². The van der Waals surface area contributed by atoms with Gasteiger partial charge in [-0.15, -0.1) is 0 Å². The van der Waals surface area contributed by atoms with E-state index < -0.39 is 6.03 Å². The van der Waals surface area contributed by atoms with E-state index in [9.17, 15) is 9.59 Å². The molecule has 2 fully saturated rings. The number of carbonyl (C=O) groups is 2. The van der Waals surface area contributed by atoms with Crippen LogP contribution in [-0.4, -0.2) is 58.5 Å². The van der Waals surface area contributed by atoms with Crippen LogP contribution in [0.3, 0.4) is 0 Å². The van der Waals surface area contributed by atoms with E-state index in [1.807, 2.05) is 12.1 Å². The Labute approximate surface area is 199 Å². The van der Waals surface area contributed by atoms with Gasteiger partial charge in [0.2, 0.25) is 0 Å². The Morgan fingerprint density at radius 2 is 1.85 bits per heavy atom. The molecule has 0 spiro atoms. The molecule has 2 aromatic carbocycles. The van der Waals surface area contributed by atoms with Crippen molar-refractivity contribution in [2.75, 3.05) is 56.0 Å². The van der Waals surface area contributed by atoms with Crippen molar-refractivity contribution in [3.63, 3.8) is 0 Å². The van der Waals surface area contributed by atoms with Crippen molar-refractivity contribution in [2.45, 2.75) is 31.8 Å². The van der Waals surface area contributed by atoms with E-state index in [4.69, 9.17) is 14.2 Å². The summed E-state index contributed by atoms with van der Waals surface area (Å²) in [4.78, 5) is 28.0. The Morgan fingerprint density at radius 3 is 2.56 bits per heavy atom. The number of rotatable bonds is 8. The smallest absolute Gasteiger partial charge is 0.323 e. The van der Waals surface area contributed by atoms with Crippen molar-refractivity contribution in [1.29, 1.82) is 0 Å². The molecular formula is C25H32N4O5. The van der Waals surface area contributed by atoms with Crippen LogP contribution in [0.15, 0.2) is 36.4 Å². The Morgan fingerprint density at radius 1 is 1.03 bits per heavy atom. The van der Waals surface area contributed by atoms with Crippen LogP contribution < -0.4 is 30.3 Å². The highest BCUT2D eigenvalue weighted by Crippen LogP contribution is 2.30. The molecular weight excluding hydrogens is 436 g/mol. The number of hydrogen-bond donors (Lipinski definition) is 3. The summed E-state index contributed by atoms with van der Waals surface area (Å²) < 4.78 is 16.2. The molecule has 34 heavy (non-hydrogen) atoms. The monoisotopic (exact) mass is 468 g/mol. The van der Waals surface area contributed by atoms with E-state index in [1.54, 1.807) is 31.4 Å². The normalized spacial score (nSPS) is 17.4. The number of ether oxygens (including phenoxy) is 3. The third-order valence-electron chi connectivity index (χ3n) is 6.12. The summed E-state index contributed by atoms with van der Waals surface area (Å²) in [5.74, 6) is 0.935. The van der Waals surface area contributed by atoms with Crippen molar-refractivity contribution in [3.8, 4) is 11.5 Å². The fraction of sp³-hybridized carbons (Fsp3) is 0.440. The van der Waals surface area contributed by atoms with Gasteiger partial charge in [0.25, 0.3) is 5.91 Å². The maximum Gasteiger partial charge on any atom is 0.323 e. The minimum Gasteiger partial charge on any atom is -0.497 e. The Balaban J connectivity index is 1.48. The lowest BCUT2D eigenvalue weighted by Gasteiger charge is -2.22. The second-order valence-electron chi connectivity index (χ2n) is 8.42.